The number of pyridine rings is 1. The molecule has 0 radical (unpaired) electrons. The lowest BCUT2D eigenvalue weighted by atomic mass is 9.84. The summed E-state index contributed by atoms with van der Waals surface area (Å²) >= 11 is 0. The second-order valence-corrected chi connectivity index (χ2v) is 8.83. The van der Waals surface area contributed by atoms with E-state index in [0.717, 1.165) is 56.1 Å². The molecule has 1 amide bonds. The minimum atomic E-state index is 0. The van der Waals surface area contributed by atoms with E-state index in [-0.39, 0.29) is 36.3 Å². The van der Waals surface area contributed by atoms with Crippen LogP contribution in [0.4, 0.5) is 5.69 Å². The Morgan fingerprint density at radius 3 is 2.70 bits per heavy atom. The second kappa shape index (κ2) is 9.33. The third-order valence-corrected chi connectivity index (χ3v) is 6.88. The van der Waals surface area contributed by atoms with Crippen molar-refractivity contribution in [1.29, 1.82) is 0 Å². The number of carbonyl (C=O) groups is 1. The first-order chi connectivity index (χ1) is 15.2. The van der Waals surface area contributed by atoms with E-state index in [1.165, 1.54) is 0 Å². The maximum Gasteiger partial charge on any atom is 0.261 e. The third-order valence-electron chi connectivity index (χ3n) is 6.88. The zero-order valence-electron chi connectivity index (χ0n) is 18.1. The van der Waals surface area contributed by atoms with Crippen molar-refractivity contribution in [2.45, 2.75) is 31.7 Å². The maximum absolute atomic E-state index is 13.5. The Hall–Kier alpha value is -2.61. The van der Waals surface area contributed by atoms with Gasteiger partial charge in [0.1, 0.15) is 5.82 Å². The number of halogens is 2. The van der Waals surface area contributed by atoms with E-state index in [1.807, 2.05) is 50.6 Å². The molecule has 9 heteroatoms. The third kappa shape index (κ3) is 3.98. The Labute approximate surface area is 204 Å². The standard InChI is InChI=1S/C24H25N5O2.2ClH/c30-22-5-2-9-27(22)18-3-1-4-19(12-18)28-10-8-26-23(28)20-6-7-21-17-11-16(13-25-14-17)15-29(21)24(20)31;;/h1,3-4,6-8,10,12,16-17,25H,2,5,9,11,13-15H2;2*1H/t16-,17+;;/m0../s1. The highest BCUT2D eigenvalue weighted by molar-refractivity contribution is 5.95. The monoisotopic (exact) mass is 487 g/mol. The highest BCUT2D eigenvalue weighted by Crippen LogP contribution is 2.33. The Bertz CT molecular complexity index is 1240. The molecule has 1 aromatic carbocycles. The molecular formula is C24H27Cl2N5O2. The van der Waals surface area contributed by atoms with Crippen molar-refractivity contribution in [1.82, 2.24) is 19.4 Å². The number of rotatable bonds is 3. The number of anilines is 1. The van der Waals surface area contributed by atoms with Gasteiger partial charge in [-0.25, -0.2) is 4.98 Å². The van der Waals surface area contributed by atoms with Gasteiger partial charge in [-0.1, -0.05) is 6.07 Å². The van der Waals surface area contributed by atoms with Gasteiger partial charge in [0, 0.05) is 61.4 Å². The molecule has 0 spiro atoms. The summed E-state index contributed by atoms with van der Waals surface area (Å²) in [5.41, 5.74) is 3.57. The van der Waals surface area contributed by atoms with Gasteiger partial charge >= 0.3 is 0 Å². The molecule has 0 aliphatic carbocycles. The number of amides is 1. The highest BCUT2D eigenvalue weighted by Gasteiger charge is 2.31. The minimum absolute atomic E-state index is 0. The number of piperidine rings is 1. The Morgan fingerprint density at radius 1 is 1.03 bits per heavy atom. The second-order valence-electron chi connectivity index (χ2n) is 8.83. The van der Waals surface area contributed by atoms with E-state index >= 15 is 0 Å². The summed E-state index contributed by atoms with van der Waals surface area (Å²) in [7, 11) is 0. The molecule has 2 atom stereocenters. The largest absolute Gasteiger partial charge is 0.316 e. The normalized spacial score (nSPS) is 21.2. The number of imidazole rings is 1. The molecule has 2 saturated heterocycles. The first-order valence-electron chi connectivity index (χ1n) is 11.1. The fraction of sp³-hybridized carbons (Fsp3) is 0.375. The van der Waals surface area contributed by atoms with Gasteiger partial charge in [0.15, 0.2) is 0 Å². The van der Waals surface area contributed by atoms with E-state index < -0.39 is 0 Å². The van der Waals surface area contributed by atoms with E-state index in [2.05, 4.69) is 16.4 Å². The highest BCUT2D eigenvalue weighted by atomic mass is 35.5. The molecule has 7 nitrogen and oxygen atoms in total. The summed E-state index contributed by atoms with van der Waals surface area (Å²) < 4.78 is 3.91. The lowest BCUT2D eigenvalue weighted by Gasteiger charge is -2.37. The average Bonchev–Trinajstić information content (AvgIpc) is 3.44. The molecule has 3 aliphatic heterocycles. The van der Waals surface area contributed by atoms with Crippen molar-refractivity contribution in [3.8, 4) is 17.1 Å². The van der Waals surface area contributed by atoms with Crippen LogP contribution in [-0.2, 0) is 11.3 Å². The Morgan fingerprint density at radius 2 is 1.88 bits per heavy atom. The topological polar surface area (TPSA) is 72.2 Å². The van der Waals surface area contributed by atoms with Gasteiger partial charge in [-0.2, -0.15) is 0 Å². The van der Waals surface area contributed by atoms with Crippen LogP contribution in [0.2, 0.25) is 0 Å². The minimum Gasteiger partial charge on any atom is -0.316 e. The molecule has 0 saturated carbocycles. The average molecular weight is 488 g/mol. The number of aromatic nitrogens is 3. The molecule has 3 aromatic rings. The van der Waals surface area contributed by atoms with Crippen molar-refractivity contribution < 1.29 is 4.79 Å². The summed E-state index contributed by atoms with van der Waals surface area (Å²) in [6, 6.07) is 11.9. The smallest absolute Gasteiger partial charge is 0.261 e. The van der Waals surface area contributed by atoms with Gasteiger partial charge in [-0.15, -0.1) is 24.8 Å². The number of hydrogen-bond donors (Lipinski definition) is 1. The number of fused-ring (bicyclic) bond motifs is 4. The van der Waals surface area contributed by atoms with E-state index in [0.29, 0.717) is 29.6 Å². The van der Waals surface area contributed by atoms with Gasteiger partial charge in [-0.3, -0.25) is 14.2 Å². The van der Waals surface area contributed by atoms with Crippen LogP contribution >= 0.6 is 24.8 Å². The number of carbonyl (C=O) groups excluding carboxylic acids is 1. The zero-order valence-corrected chi connectivity index (χ0v) is 19.8. The molecule has 1 N–H and O–H groups in total. The Kier molecular flexibility index (Phi) is 6.66. The molecule has 2 aromatic heterocycles. The van der Waals surface area contributed by atoms with Gasteiger partial charge < -0.3 is 14.8 Å². The van der Waals surface area contributed by atoms with Crippen molar-refractivity contribution in [3.63, 3.8) is 0 Å². The maximum atomic E-state index is 13.5. The van der Waals surface area contributed by atoms with E-state index in [4.69, 9.17) is 0 Å². The molecule has 33 heavy (non-hydrogen) atoms. The van der Waals surface area contributed by atoms with Crippen LogP contribution in [0.25, 0.3) is 17.1 Å². The van der Waals surface area contributed by atoms with Crippen LogP contribution in [0.3, 0.4) is 0 Å². The molecule has 6 rings (SSSR count). The van der Waals surface area contributed by atoms with Crippen molar-refractivity contribution in [2.75, 3.05) is 24.5 Å². The summed E-state index contributed by atoms with van der Waals surface area (Å²) in [6.45, 7) is 3.43. The van der Waals surface area contributed by atoms with Crippen LogP contribution in [0.5, 0.6) is 0 Å². The summed E-state index contributed by atoms with van der Waals surface area (Å²) in [4.78, 5) is 32.0. The Balaban J connectivity index is 0.00000130. The van der Waals surface area contributed by atoms with Crippen LogP contribution in [0.1, 0.15) is 30.9 Å². The fourth-order valence-electron chi connectivity index (χ4n) is 5.40. The van der Waals surface area contributed by atoms with E-state index in [9.17, 15) is 9.59 Å². The molecule has 2 bridgehead atoms. The number of nitrogens with zero attached hydrogens (tertiary/aromatic N) is 4. The van der Waals surface area contributed by atoms with Crippen molar-refractivity contribution in [2.24, 2.45) is 5.92 Å². The van der Waals surface area contributed by atoms with Crippen LogP contribution in [0.15, 0.2) is 53.6 Å². The van der Waals surface area contributed by atoms with Gasteiger partial charge in [0.2, 0.25) is 5.91 Å². The lowest BCUT2D eigenvalue weighted by Crippen LogP contribution is -2.45. The van der Waals surface area contributed by atoms with Crippen molar-refractivity contribution >= 4 is 36.4 Å². The van der Waals surface area contributed by atoms with Crippen LogP contribution in [0, 0.1) is 5.92 Å². The quantitative estimate of drug-likeness (QED) is 0.614. The SMILES string of the molecule is Cl.Cl.O=C1CCCN1c1cccc(-n2ccnc2-c2ccc3n(c2=O)C[C@@H]2CNC[C@H]3C2)c1. The lowest BCUT2D eigenvalue weighted by molar-refractivity contribution is -0.117. The van der Waals surface area contributed by atoms with Gasteiger partial charge in [0.25, 0.3) is 5.56 Å². The zero-order chi connectivity index (χ0) is 20.9. The molecule has 174 valence electrons. The first-order valence-corrected chi connectivity index (χ1v) is 11.1. The number of hydrogen-bond acceptors (Lipinski definition) is 4. The van der Waals surface area contributed by atoms with Crippen LogP contribution in [-0.4, -0.2) is 39.7 Å². The predicted molar refractivity (Wildman–Crippen MR) is 133 cm³/mol. The molecule has 0 unspecified atom stereocenters. The molecule has 3 aliphatic rings. The molecule has 5 heterocycles. The van der Waals surface area contributed by atoms with Crippen molar-refractivity contribution in [3.05, 3.63) is 64.8 Å². The molecule has 2 fully saturated rings. The van der Waals surface area contributed by atoms with E-state index in [1.54, 1.807) is 6.20 Å². The van der Waals surface area contributed by atoms with Crippen LogP contribution < -0.4 is 15.8 Å². The molecular weight excluding hydrogens is 461 g/mol. The predicted octanol–water partition coefficient (Wildman–Crippen LogP) is 3.38. The summed E-state index contributed by atoms with van der Waals surface area (Å²) in [5, 5.41) is 3.49. The number of benzene rings is 1. The fourth-order valence-corrected chi connectivity index (χ4v) is 5.40. The first kappa shape index (κ1) is 23.5. The van der Waals surface area contributed by atoms with Gasteiger partial charge in [-0.05, 0) is 55.6 Å². The summed E-state index contributed by atoms with van der Waals surface area (Å²) in [6.07, 6.45) is 6.25. The number of nitrogens with one attached hydrogen (secondary N) is 1. The van der Waals surface area contributed by atoms with Gasteiger partial charge in [0.05, 0.1) is 5.56 Å². The summed E-state index contributed by atoms with van der Waals surface area (Å²) in [5.74, 6) is 1.72.